The number of H-pyrrole nitrogens is 1. The number of guanidine groups is 1. The Morgan fingerprint density at radius 2 is 1.22 bits per heavy atom. The average molecular weight is 1490 g/mol. The summed E-state index contributed by atoms with van der Waals surface area (Å²) in [5, 5.41) is 76.5. The van der Waals surface area contributed by atoms with E-state index >= 15 is 4.79 Å². The van der Waals surface area contributed by atoms with Crippen molar-refractivity contribution in [2.45, 2.75) is 158 Å². The Labute approximate surface area is 605 Å². The van der Waals surface area contributed by atoms with Crippen molar-refractivity contribution < 1.29 is 87.5 Å². The second-order valence-corrected chi connectivity index (χ2v) is 27.8. The normalized spacial score (nSPS) is 22.2. The first-order valence-electron chi connectivity index (χ1n) is 33.7. The highest BCUT2D eigenvalue weighted by atomic mass is 33.1. The molecule has 4 aromatic rings. The van der Waals surface area contributed by atoms with E-state index < -0.39 is 205 Å². The molecule has 2 fully saturated rings. The van der Waals surface area contributed by atoms with Gasteiger partial charge in [0.15, 0.2) is 5.96 Å². The Balaban J connectivity index is 1.41. The van der Waals surface area contributed by atoms with Crippen molar-refractivity contribution >= 4 is 121 Å². The highest BCUT2D eigenvalue weighted by Gasteiger charge is 2.39. The number of para-hydroxylation sites is 1. The Bertz CT molecular complexity index is 3730. The van der Waals surface area contributed by atoms with Crippen molar-refractivity contribution in [1.82, 2.24) is 68.4 Å². The van der Waals surface area contributed by atoms with E-state index in [-0.39, 0.29) is 76.1 Å². The Morgan fingerprint density at radius 1 is 0.654 bits per heavy atom. The lowest BCUT2D eigenvalue weighted by atomic mass is 10.00. The van der Waals surface area contributed by atoms with E-state index in [0.717, 1.165) is 21.6 Å². The fraction of sp³-hybridized carbons (Fsp3) is 0.478. The first-order valence-corrected chi connectivity index (χ1v) is 36.1. The van der Waals surface area contributed by atoms with Crippen LogP contribution in [0.4, 0.5) is 0 Å². The molecule has 3 heterocycles. The number of fused-ring (bicyclic) bond motifs is 1. The Morgan fingerprint density at radius 3 is 1.84 bits per heavy atom. The van der Waals surface area contributed by atoms with Crippen LogP contribution in [-0.4, -0.2) is 217 Å². The van der Waals surface area contributed by atoms with Crippen molar-refractivity contribution in [3.05, 3.63) is 95.7 Å². The summed E-state index contributed by atoms with van der Waals surface area (Å²) in [7, 11) is 1.67. The van der Waals surface area contributed by atoms with Gasteiger partial charge in [-0.2, -0.15) is 0 Å². The van der Waals surface area contributed by atoms with Crippen LogP contribution < -0.4 is 75.7 Å². The van der Waals surface area contributed by atoms with Crippen LogP contribution in [0.5, 0.6) is 11.5 Å². The smallest absolute Gasteiger partial charge is 0.303 e. The van der Waals surface area contributed by atoms with Gasteiger partial charge >= 0.3 is 11.9 Å². The zero-order valence-electron chi connectivity index (χ0n) is 57.3. The van der Waals surface area contributed by atoms with Crippen molar-refractivity contribution in [2.75, 3.05) is 37.7 Å². The lowest BCUT2D eigenvalue weighted by molar-refractivity contribution is -0.139. The molecule has 0 saturated carbocycles. The number of phenols is 2. The molecule has 1 aromatic heterocycles. The van der Waals surface area contributed by atoms with Gasteiger partial charge in [0.05, 0.1) is 0 Å². The zero-order chi connectivity index (χ0) is 76.2. The fourth-order valence-corrected chi connectivity index (χ4v) is 13.7. The minimum Gasteiger partial charge on any atom is -0.508 e. The summed E-state index contributed by atoms with van der Waals surface area (Å²) < 4.78 is 0. The highest BCUT2D eigenvalue weighted by molar-refractivity contribution is 8.76. The standard InChI is InChI=1S/C67H91N17O18S2/c1-35(2)56-66(102)80-47(30-37-13-17-40(86)18-14-37)61(97)76-43(9-5-26-73-67(70)71)58(94)72-27-24-52(87)75-44(19-21-54(89)90)59(95)78-48(31-38-32-74-42-8-4-3-7-41(38)42)63(99)77-45(20-22-55(91)92)60(96)81-49(57(69)93)33-103-104-34-50(64(100)83-56)82-62(98)46(29-36-11-15-39(85)16-12-36)79-65(101)51-10-6-28-84(51)53(88)23-25-68/h3-4,7-8,11-18,32,35,43-51,56,74,85-86H,5-6,9-10,19-31,33-34,68H2,1-2H3,(H2,69,93)(H,72,94)(H,75,87)(H,76,97)(H,77,99)(H,78,95)(H,79,101)(H,80,102)(H,81,96)(H,82,98)(H,83,100)(H,89,90)(H,91,92)(H4,70,71,73)/t43-,44-,45-,46-,47-,48-,49-,50-,51-,56-/m0/s1. The molecule has 104 heavy (non-hydrogen) atoms. The number of carboxylic acid groups (broad SMARTS) is 2. The molecule has 12 amide bonds. The molecule has 0 radical (unpaired) electrons. The van der Waals surface area contributed by atoms with E-state index in [2.05, 4.69) is 63.5 Å². The molecule has 0 spiro atoms. The van der Waals surface area contributed by atoms with Gasteiger partial charge in [-0.3, -0.25) is 72.5 Å². The minimum atomic E-state index is -1.76. The van der Waals surface area contributed by atoms with Gasteiger partial charge in [0.2, 0.25) is 70.9 Å². The van der Waals surface area contributed by atoms with Crippen molar-refractivity contribution in [3.8, 4) is 11.5 Å². The number of aromatic amines is 1. The van der Waals surface area contributed by atoms with Crippen LogP contribution in [0.1, 0.15) is 94.7 Å². The molecule has 2 aliphatic rings. The third-order valence-corrected chi connectivity index (χ3v) is 19.3. The number of rotatable bonds is 24. The summed E-state index contributed by atoms with van der Waals surface area (Å²) in [6.45, 7) is 2.90. The molecule has 35 nitrogen and oxygen atoms in total. The monoisotopic (exact) mass is 1490 g/mol. The molecule has 3 aromatic carbocycles. The average Bonchev–Trinajstić information content (AvgIpc) is 1.66. The minimum absolute atomic E-state index is 0.00390. The number of carboxylic acids is 2. The number of aromatic hydroxyl groups is 2. The summed E-state index contributed by atoms with van der Waals surface area (Å²) in [6, 6.07) is 2.66. The molecule has 23 N–H and O–H groups in total. The van der Waals surface area contributed by atoms with Crippen LogP contribution in [-0.2, 0) is 86.4 Å². The number of primary amides is 1. The number of nitrogens with two attached hydrogens (primary N) is 3. The van der Waals surface area contributed by atoms with E-state index in [0.29, 0.717) is 34.0 Å². The number of nitrogens with zero attached hydrogens (tertiary/aromatic N) is 1. The van der Waals surface area contributed by atoms with Crippen LogP contribution >= 0.6 is 21.6 Å². The predicted molar refractivity (Wildman–Crippen MR) is 381 cm³/mol. The van der Waals surface area contributed by atoms with Crippen LogP contribution in [0.15, 0.2) is 79.0 Å². The molecule has 6 rings (SSSR count). The third-order valence-electron chi connectivity index (χ3n) is 16.9. The van der Waals surface area contributed by atoms with E-state index in [1.165, 1.54) is 53.4 Å². The Kier molecular flexibility index (Phi) is 32.3. The molecule has 2 aliphatic heterocycles. The summed E-state index contributed by atoms with van der Waals surface area (Å²) in [4.78, 5) is 200. The van der Waals surface area contributed by atoms with E-state index in [1.807, 2.05) is 0 Å². The van der Waals surface area contributed by atoms with Gasteiger partial charge in [0, 0.05) is 99.7 Å². The number of amides is 12. The summed E-state index contributed by atoms with van der Waals surface area (Å²) in [5.41, 5.74) is 18.9. The van der Waals surface area contributed by atoms with Gasteiger partial charge in [-0.05, 0) is 91.5 Å². The van der Waals surface area contributed by atoms with Crippen LogP contribution in [0.2, 0.25) is 0 Å². The molecule has 0 bridgehead atoms. The van der Waals surface area contributed by atoms with Crippen molar-refractivity contribution in [2.24, 2.45) is 23.1 Å². The number of nitrogens with one attached hydrogen (secondary N) is 13. The van der Waals surface area contributed by atoms with Crippen molar-refractivity contribution in [3.63, 3.8) is 0 Å². The molecule has 10 atom stereocenters. The second kappa shape index (κ2) is 40.8. The topological polar surface area (TPSA) is 573 Å². The fourth-order valence-electron chi connectivity index (χ4n) is 11.3. The first-order chi connectivity index (χ1) is 49.5. The van der Waals surface area contributed by atoms with E-state index in [9.17, 15) is 82.8 Å². The van der Waals surface area contributed by atoms with Gasteiger partial charge in [-0.15, -0.1) is 0 Å². The maximum Gasteiger partial charge on any atom is 0.303 e. The molecule has 564 valence electrons. The van der Waals surface area contributed by atoms with Crippen molar-refractivity contribution in [1.29, 1.82) is 5.41 Å². The lowest BCUT2D eigenvalue weighted by Gasteiger charge is -2.29. The molecular formula is C67H91N17O18S2. The van der Waals surface area contributed by atoms with Gasteiger partial charge in [0.25, 0.3) is 0 Å². The predicted octanol–water partition coefficient (Wildman–Crippen LogP) is -2.65. The lowest BCUT2D eigenvalue weighted by Crippen LogP contribution is -2.61. The number of likely N-dealkylation sites (tertiary alicyclic amines) is 1. The van der Waals surface area contributed by atoms with E-state index in [4.69, 9.17) is 22.6 Å². The molecule has 0 unspecified atom stereocenters. The number of hydrogen-bond acceptors (Lipinski definition) is 20. The zero-order valence-corrected chi connectivity index (χ0v) is 58.9. The van der Waals surface area contributed by atoms with Gasteiger partial charge < -0.3 is 106 Å². The third kappa shape index (κ3) is 26.3. The Hall–Kier alpha value is -10.7. The largest absolute Gasteiger partial charge is 0.508 e. The number of hydrogen-bond donors (Lipinski definition) is 20. The number of aliphatic carboxylic acids is 2. The quantitative estimate of drug-likeness (QED) is 0.0147. The maximum absolute atomic E-state index is 15.0. The van der Waals surface area contributed by atoms with Gasteiger partial charge in [0.1, 0.15) is 71.9 Å². The molecule has 2 saturated heterocycles. The second-order valence-electron chi connectivity index (χ2n) is 25.2. The number of benzene rings is 3. The number of carbonyl (C=O) groups excluding carboxylic acids is 12. The summed E-state index contributed by atoms with van der Waals surface area (Å²) in [5.74, 6) is -16.3. The van der Waals surface area contributed by atoms with Crippen LogP contribution in [0.25, 0.3) is 10.9 Å². The highest BCUT2D eigenvalue weighted by Crippen LogP contribution is 2.26. The van der Waals surface area contributed by atoms with Gasteiger partial charge in [-0.1, -0.05) is 77.9 Å². The van der Waals surface area contributed by atoms with Crippen LogP contribution in [0, 0.1) is 11.3 Å². The number of aromatic nitrogens is 1. The summed E-state index contributed by atoms with van der Waals surface area (Å²) in [6.07, 6.45) is -1.88. The number of carbonyl (C=O) groups is 14. The maximum atomic E-state index is 15.0. The van der Waals surface area contributed by atoms with Gasteiger partial charge in [-0.25, -0.2) is 0 Å². The van der Waals surface area contributed by atoms with E-state index in [1.54, 1.807) is 44.3 Å². The van der Waals surface area contributed by atoms with Crippen LogP contribution in [0.3, 0.4) is 0 Å². The number of phenolic OH excluding ortho intramolecular Hbond substituents is 2. The SMILES string of the molecule is CC(C)[C@@H]1NC(=O)[C@@H](NC(=O)[C@H](Cc2ccc(O)cc2)NC(=O)[C@@H]2CCCN2C(=O)CCN)CSSC[C@@H](C(N)=O)NC(=O)[C@H](CCC(=O)O)NC(=O)[C@H](Cc2c[nH]c3ccccc23)NC(=O)[C@H](CCC(=O)O)NC(=O)CCNC(=O)[C@H](CCCNC(=N)N)NC(=O)[C@H](Cc2ccc(O)cc2)NC1=O. The first kappa shape index (κ1) is 82.3. The molecule has 37 heteroatoms. The molecular weight excluding hydrogens is 1390 g/mol. The molecule has 0 aliphatic carbocycles. The summed E-state index contributed by atoms with van der Waals surface area (Å²) >= 11 is 0.